The maximum absolute atomic E-state index is 11.7. The number of hydrogen-bond acceptors (Lipinski definition) is 2. The molecule has 0 heterocycles. The quantitative estimate of drug-likeness (QED) is 0.894. The van der Waals surface area contributed by atoms with Gasteiger partial charge in [0.1, 0.15) is 0 Å². The van der Waals surface area contributed by atoms with E-state index in [0.29, 0.717) is 6.54 Å². The van der Waals surface area contributed by atoms with Crippen molar-refractivity contribution in [1.29, 1.82) is 0 Å². The summed E-state index contributed by atoms with van der Waals surface area (Å²) >= 11 is 3.48. The topological polar surface area (TPSA) is 41.1 Å². The fourth-order valence-corrected chi connectivity index (χ4v) is 2.67. The van der Waals surface area contributed by atoms with Gasteiger partial charge in [-0.2, -0.15) is 0 Å². The first-order valence-electron chi connectivity index (χ1n) is 5.88. The maximum atomic E-state index is 11.7. The van der Waals surface area contributed by atoms with Gasteiger partial charge in [0.15, 0.2) is 0 Å². The lowest BCUT2D eigenvalue weighted by atomic mass is 9.72. The first-order valence-corrected chi connectivity index (χ1v) is 6.67. The summed E-state index contributed by atoms with van der Waals surface area (Å²) in [4.78, 5) is 11.7. The molecule has 2 N–H and O–H groups in total. The Kier molecular flexibility index (Phi) is 3.84. The van der Waals surface area contributed by atoms with Crippen LogP contribution in [0.5, 0.6) is 0 Å². The molecule has 92 valence electrons. The van der Waals surface area contributed by atoms with Crippen LogP contribution in [0.3, 0.4) is 0 Å². The first kappa shape index (κ1) is 12.6. The largest absolute Gasteiger partial charge is 0.345 e. The predicted molar refractivity (Wildman–Crippen MR) is 71.7 cm³/mol. The van der Waals surface area contributed by atoms with E-state index in [2.05, 4.69) is 38.7 Å². The smallest absolute Gasteiger partial charge is 0.234 e. The van der Waals surface area contributed by atoms with Crippen LogP contribution in [0.2, 0.25) is 0 Å². The minimum absolute atomic E-state index is 0.0622. The zero-order valence-corrected chi connectivity index (χ0v) is 11.5. The maximum Gasteiger partial charge on any atom is 0.234 e. The molecular weight excluding hydrogens is 280 g/mol. The average Bonchev–Trinajstić information content (AvgIpc) is 2.24. The van der Waals surface area contributed by atoms with Crippen LogP contribution in [0.4, 0.5) is 0 Å². The van der Waals surface area contributed by atoms with E-state index in [4.69, 9.17) is 0 Å². The highest BCUT2D eigenvalue weighted by Gasteiger charge is 2.39. The Morgan fingerprint density at radius 2 is 2.24 bits per heavy atom. The number of amides is 1. The lowest BCUT2D eigenvalue weighted by molar-refractivity contribution is -0.123. The Morgan fingerprint density at radius 3 is 2.76 bits per heavy atom. The van der Waals surface area contributed by atoms with Gasteiger partial charge in [-0.1, -0.05) is 28.1 Å². The van der Waals surface area contributed by atoms with Crippen molar-refractivity contribution < 1.29 is 4.79 Å². The molecule has 1 fully saturated rings. The summed E-state index contributed by atoms with van der Waals surface area (Å²) in [6.07, 6.45) is 3.23. The molecular formula is C13H17BrN2O. The molecule has 1 amide bonds. The Morgan fingerprint density at radius 1 is 1.47 bits per heavy atom. The SMILES string of the molecule is CNCC(=O)NC1(c2cccc(Br)c2)CCC1. The lowest BCUT2D eigenvalue weighted by Crippen LogP contribution is -2.52. The Bertz CT molecular complexity index is 416. The molecule has 1 saturated carbocycles. The normalized spacial score (nSPS) is 17.3. The molecule has 2 rings (SSSR count). The molecule has 0 atom stereocenters. The summed E-state index contributed by atoms with van der Waals surface area (Å²) in [6, 6.07) is 8.21. The second-order valence-electron chi connectivity index (χ2n) is 4.52. The van der Waals surface area contributed by atoms with Crippen LogP contribution in [0.25, 0.3) is 0 Å². The van der Waals surface area contributed by atoms with Gasteiger partial charge in [-0.05, 0) is 44.0 Å². The van der Waals surface area contributed by atoms with Crippen LogP contribution in [-0.2, 0) is 10.3 Å². The number of hydrogen-bond donors (Lipinski definition) is 2. The number of carbonyl (C=O) groups excluding carboxylic acids is 1. The molecule has 0 radical (unpaired) electrons. The monoisotopic (exact) mass is 296 g/mol. The summed E-state index contributed by atoms with van der Waals surface area (Å²) in [7, 11) is 1.78. The van der Waals surface area contributed by atoms with Crippen molar-refractivity contribution >= 4 is 21.8 Å². The van der Waals surface area contributed by atoms with Gasteiger partial charge < -0.3 is 10.6 Å². The minimum atomic E-state index is -0.141. The van der Waals surface area contributed by atoms with E-state index in [1.807, 2.05) is 12.1 Å². The van der Waals surface area contributed by atoms with Gasteiger partial charge in [-0.25, -0.2) is 0 Å². The number of benzene rings is 1. The van der Waals surface area contributed by atoms with Gasteiger partial charge in [-0.15, -0.1) is 0 Å². The van der Waals surface area contributed by atoms with Crippen molar-refractivity contribution in [1.82, 2.24) is 10.6 Å². The third kappa shape index (κ3) is 2.69. The third-order valence-corrected chi connectivity index (χ3v) is 3.79. The minimum Gasteiger partial charge on any atom is -0.345 e. The number of likely N-dealkylation sites (N-methyl/N-ethyl adjacent to an activating group) is 1. The number of carbonyl (C=O) groups is 1. The Labute approximate surface area is 110 Å². The van der Waals surface area contributed by atoms with Crippen LogP contribution in [0.15, 0.2) is 28.7 Å². The molecule has 0 saturated heterocycles. The molecule has 17 heavy (non-hydrogen) atoms. The number of halogens is 1. The summed E-state index contributed by atoms with van der Waals surface area (Å²) in [5.41, 5.74) is 1.06. The van der Waals surface area contributed by atoms with Crippen LogP contribution in [0.1, 0.15) is 24.8 Å². The second kappa shape index (κ2) is 5.19. The van der Waals surface area contributed by atoms with Crippen LogP contribution in [0, 0.1) is 0 Å². The fourth-order valence-electron chi connectivity index (χ4n) is 2.27. The molecule has 3 nitrogen and oxygen atoms in total. The summed E-state index contributed by atoms with van der Waals surface area (Å²) in [5, 5.41) is 6.03. The molecule has 1 aliphatic rings. The van der Waals surface area contributed by atoms with Crippen LogP contribution >= 0.6 is 15.9 Å². The highest BCUT2D eigenvalue weighted by molar-refractivity contribution is 9.10. The summed E-state index contributed by atoms with van der Waals surface area (Å²) < 4.78 is 1.06. The molecule has 1 aromatic rings. The van der Waals surface area contributed by atoms with E-state index in [1.165, 1.54) is 12.0 Å². The Hall–Kier alpha value is -0.870. The fraction of sp³-hybridized carbons (Fsp3) is 0.462. The first-order chi connectivity index (χ1) is 8.16. The molecule has 0 unspecified atom stereocenters. The molecule has 0 aliphatic heterocycles. The van der Waals surface area contributed by atoms with Crippen molar-refractivity contribution in [3.8, 4) is 0 Å². The van der Waals surface area contributed by atoms with Gasteiger partial charge in [0.05, 0.1) is 12.1 Å². The standard InChI is InChI=1S/C13H17BrN2O/c1-15-9-12(17)16-13(6-3-7-13)10-4-2-5-11(14)8-10/h2,4-5,8,15H,3,6-7,9H2,1H3,(H,16,17). The van der Waals surface area contributed by atoms with Gasteiger partial charge in [0.2, 0.25) is 5.91 Å². The van der Waals surface area contributed by atoms with E-state index >= 15 is 0 Å². The third-order valence-electron chi connectivity index (χ3n) is 3.30. The summed E-state index contributed by atoms with van der Waals surface area (Å²) in [6.45, 7) is 0.371. The van der Waals surface area contributed by atoms with Crippen molar-refractivity contribution in [2.24, 2.45) is 0 Å². The van der Waals surface area contributed by atoms with Gasteiger partial charge in [0, 0.05) is 4.47 Å². The van der Waals surface area contributed by atoms with E-state index in [-0.39, 0.29) is 11.4 Å². The molecule has 0 aromatic heterocycles. The molecule has 0 spiro atoms. The number of rotatable bonds is 4. The average molecular weight is 297 g/mol. The highest BCUT2D eigenvalue weighted by Crippen LogP contribution is 2.41. The van der Waals surface area contributed by atoms with Crippen LogP contribution in [-0.4, -0.2) is 19.5 Å². The zero-order valence-electron chi connectivity index (χ0n) is 9.92. The molecule has 1 aromatic carbocycles. The molecule has 4 heteroatoms. The zero-order chi connectivity index (χ0) is 12.3. The van der Waals surface area contributed by atoms with E-state index in [1.54, 1.807) is 7.05 Å². The van der Waals surface area contributed by atoms with Crippen LogP contribution < -0.4 is 10.6 Å². The van der Waals surface area contributed by atoms with E-state index < -0.39 is 0 Å². The number of nitrogens with one attached hydrogen (secondary N) is 2. The molecule has 1 aliphatic carbocycles. The Balaban J connectivity index is 2.17. The van der Waals surface area contributed by atoms with Gasteiger partial charge >= 0.3 is 0 Å². The summed E-state index contributed by atoms with van der Waals surface area (Å²) in [5.74, 6) is 0.0622. The molecule has 0 bridgehead atoms. The van der Waals surface area contributed by atoms with Crippen molar-refractivity contribution in [3.63, 3.8) is 0 Å². The van der Waals surface area contributed by atoms with Crippen molar-refractivity contribution in [3.05, 3.63) is 34.3 Å². The van der Waals surface area contributed by atoms with Gasteiger partial charge in [0.25, 0.3) is 0 Å². The van der Waals surface area contributed by atoms with E-state index in [0.717, 1.165) is 17.3 Å². The van der Waals surface area contributed by atoms with Gasteiger partial charge in [-0.3, -0.25) is 4.79 Å². The highest BCUT2D eigenvalue weighted by atomic mass is 79.9. The van der Waals surface area contributed by atoms with Crippen molar-refractivity contribution in [2.75, 3.05) is 13.6 Å². The van der Waals surface area contributed by atoms with Crippen molar-refractivity contribution in [2.45, 2.75) is 24.8 Å². The predicted octanol–water partition coefficient (Wildman–Crippen LogP) is 2.16. The van der Waals surface area contributed by atoms with E-state index in [9.17, 15) is 4.79 Å². The lowest BCUT2D eigenvalue weighted by Gasteiger charge is -2.43. The second-order valence-corrected chi connectivity index (χ2v) is 5.44.